The molecule has 0 radical (unpaired) electrons. The normalized spacial score (nSPS) is 10.9. The third-order valence-corrected chi connectivity index (χ3v) is 3.30. The first-order valence-corrected chi connectivity index (χ1v) is 6.53. The Morgan fingerprint density at radius 3 is 2.52 bits per heavy atom. The Morgan fingerprint density at radius 2 is 2.05 bits per heavy atom. The number of non-ortho nitro benzene ring substituents is 1. The minimum atomic E-state index is -0.522. The van der Waals surface area contributed by atoms with E-state index in [0.29, 0.717) is 11.1 Å². The molecule has 0 aliphatic rings. The van der Waals surface area contributed by atoms with Crippen molar-refractivity contribution in [1.82, 2.24) is 4.98 Å². The largest absolute Gasteiger partial charge is 0.495 e. The van der Waals surface area contributed by atoms with Crippen LogP contribution in [0, 0.1) is 10.1 Å². The highest BCUT2D eigenvalue weighted by Gasteiger charge is 2.23. The zero-order valence-electron chi connectivity index (χ0n) is 12.3. The van der Waals surface area contributed by atoms with Crippen LogP contribution in [0.15, 0.2) is 18.2 Å². The van der Waals surface area contributed by atoms with Gasteiger partial charge in [-0.25, -0.2) is 4.98 Å². The van der Waals surface area contributed by atoms with E-state index in [4.69, 9.17) is 4.74 Å². The number of fused-ring (bicyclic) bond motifs is 1. The number of rotatable bonds is 4. The van der Waals surface area contributed by atoms with E-state index < -0.39 is 4.92 Å². The molecule has 6 nitrogen and oxygen atoms in total. The van der Waals surface area contributed by atoms with Crippen LogP contribution in [0.5, 0.6) is 5.75 Å². The quantitative estimate of drug-likeness (QED) is 0.488. The number of benzene rings is 1. The summed E-state index contributed by atoms with van der Waals surface area (Å²) < 4.78 is 5.27. The molecule has 6 heteroatoms. The van der Waals surface area contributed by atoms with Crippen LogP contribution in [0.4, 0.5) is 5.69 Å². The van der Waals surface area contributed by atoms with E-state index in [9.17, 15) is 14.9 Å². The third-order valence-electron chi connectivity index (χ3n) is 3.30. The molecule has 0 spiro atoms. The van der Waals surface area contributed by atoms with Crippen molar-refractivity contribution in [2.45, 2.75) is 26.7 Å². The van der Waals surface area contributed by atoms with Crippen molar-refractivity contribution in [3.8, 4) is 5.75 Å². The second kappa shape index (κ2) is 5.47. The summed E-state index contributed by atoms with van der Waals surface area (Å²) >= 11 is 0. The SMILES string of the molecule is COc1c(C(C)=O)cc([N+](=O)[O-])c2nc(C(C)C)ccc12. The molecule has 2 aromatic rings. The summed E-state index contributed by atoms with van der Waals surface area (Å²) in [6.07, 6.45) is 0. The van der Waals surface area contributed by atoms with Gasteiger partial charge in [0, 0.05) is 11.8 Å². The van der Waals surface area contributed by atoms with E-state index in [1.807, 2.05) is 13.8 Å². The molecule has 0 aliphatic heterocycles. The predicted octanol–water partition coefficient (Wildman–Crippen LogP) is 3.48. The number of Topliss-reactive ketones (excluding diaryl/α,β-unsaturated/α-hetero) is 1. The lowest BCUT2D eigenvalue weighted by atomic mass is 10.0. The first-order valence-electron chi connectivity index (χ1n) is 6.53. The van der Waals surface area contributed by atoms with Crippen molar-refractivity contribution < 1.29 is 14.5 Å². The molecule has 0 aliphatic carbocycles. The van der Waals surface area contributed by atoms with Gasteiger partial charge in [-0.15, -0.1) is 0 Å². The Balaban J connectivity index is 2.93. The molecule has 21 heavy (non-hydrogen) atoms. The summed E-state index contributed by atoms with van der Waals surface area (Å²) in [4.78, 5) is 26.8. The van der Waals surface area contributed by atoms with Gasteiger partial charge in [0.05, 0.1) is 23.0 Å². The molecule has 1 aromatic heterocycles. The molecule has 110 valence electrons. The second-order valence-corrected chi connectivity index (χ2v) is 5.08. The highest BCUT2D eigenvalue weighted by atomic mass is 16.6. The molecular weight excluding hydrogens is 272 g/mol. The van der Waals surface area contributed by atoms with Crippen molar-refractivity contribution in [2.75, 3.05) is 7.11 Å². The van der Waals surface area contributed by atoms with Crippen LogP contribution >= 0.6 is 0 Å². The number of aromatic nitrogens is 1. The number of methoxy groups -OCH3 is 1. The number of hydrogen-bond acceptors (Lipinski definition) is 5. The maximum atomic E-state index is 11.7. The molecule has 0 N–H and O–H groups in total. The van der Waals surface area contributed by atoms with Crippen LogP contribution in [-0.2, 0) is 0 Å². The van der Waals surface area contributed by atoms with Gasteiger partial charge in [-0.05, 0) is 25.0 Å². The lowest BCUT2D eigenvalue weighted by Crippen LogP contribution is -2.03. The number of ketones is 1. The number of carbonyl (C=O) groups is 1. The van der Waals surface area contributed by atoms with Gasteiger partial charge in [0.15, 0.2) is 11.3 Å². The first-order chi connectivity index (χ1) is 9.86. The number of ether oxygens (including phenoxy) is 1. The minimum absolute atomic E-state index is 0.146. The Hall–Kier alpha value is -2.50. The summed E-state index contributed by atoms with van der Waals surface area (Å²) in [5, 5.41) is 11.8. The van der Waals surface area contributed by atoms with Crippen LogP contribution in [0.3, 0.4) is 0 Å². The molecule has 0 atom stereocenters. The van der Waals surface area contributed by atoms with Crippen LogP contribution in [-0.4, -0.2) is 22.8 Å². The van der Waals surface area contributed by atoms with E-state index in [2.05, 4.69) is 4.98 Å². The van der Waals surface area contributed by atoms with E-state index in [1.54, 1.807) is 12.1 Å². The summed E-state index contributed by atoms with van der Waals surface area (Å²) in [7, 11) is 1.43. The third kappa shape index (κ3) is 2.56. The van der Waals surface area contributed by atoms with Gasteiger partial charge >= 0.3 is 0 Å². The van der Waals surface area contributed by atoms with E-state index in [-0.39, 0.29) is 28.5 Å². The van der Waals surface area contributed by atoms with Crippen molar-refractivity contribution in [2.24, 2.45) is 0 Å². The molecule has 2 rings (SSSR count). The fourth-order valence-electron chi connectivity index (χ4n) is 2.21. The second-order valence-electron chi connectivity index (χ2n) is 5.08. The van der Waals surface area contributed by atoms with Gasteiger partial charge < -0.3 is 4.74 Å². The summed E-state index contributed by atoms with van der Waals surface area (Å²) in [5.41, 5.74) is 1.01. The van der Waals surface area contributed by atoms with E-state index >= 15 is 0 Å². The number of carbonyl (C=O) groups excluding carboxylic acids is 1. The number of nitro groups is 1. The average Bonchev–Trinajstić information content (AvgIpc) is 2.44. The number of nitro benzene ring substituents is 1. The predicted molar refractivity (Wildman–Crippen MR) is 79.0 cm³/mol. The maximum Gasteiger partial charge on any atom is 0.296 e. The van der Waals surface area contributed by atoms with Crippen molar-refractivity contribution in [3.05, 3.63) is 39.6 Å². The zero-order chi connectivity index (χ0) is 15.7. The topological polar surface area (TPSA) is 82.3 Å². The van der Waals surface area contributed by atoms with Gasteiger partial charge in [0.1, 0.15) is 5.75 Å². The van der Waals surface area contributed by atoms with Crippen LogP contribution in [0.1, 0.15) is 42.7 Å². The highest BCUT2D eigenvalue weighted by molar-refractivity contribution is 6.06. The van der Waals surface area contributed by atoms with Crippen molar-refractivity contribution in [3.63, 3.8) is 0 Å². The molecule has 1 aromatic carbocycles. The Labute approximate surface area is 121 Å². The van der Waals surface area contributed by atoms with Gasteiger partial charge in [-0.1, -0.05) is 13.8 Å². The molecule has 0 saturated carbocycles. The minimum Gasteiger partial charge on any atom is -0.495 e. The maximum absolute atomic E-state index is 11.7. The van der Waals surface area contributed by atoms with Crippen molar-refractivity contribution in [1.29, 1.82) is 0 Å². The Morgan fingerprint density at radius 1 is 1.38 bits per heavy atom. The monoisotopic (exact) mass is 288 g/mol. The average molecular weight is 288 g/mol. The lowest BCUT2D eigenvalue weighted by molar-refractivity contribution is -0.383. The fraction of sp³-hybridized carbons (Fsp3) is 0.333. The lowest BCUT2D eigenvalue weighted by Gasteiger charge is -2.12. The number of hydrogen-bond donors (Lipinski definition) is 0. The van der Waals surface area contributed by atoms with Crippen LogP contribution < -0.4 is 4.74 Å². The number of pyridine rings is 1. The zero-order valence-corrected chi connectivity index (χ0v) is 12.3. The van der Waals surface area contributed by atoms with Gasteiger partial charge in [-0.2, -0.15) is 0 Å². The van der Waals surface area contributed by atoms with Gasteiger partial charge in [0.25, 0.3) is 5.69 Å². The van der Waals surface area contributed by atoms with E-state index in [1.165, 1.54) is 20.1 Å². The molecule has 0 bridgehead atoms. The smallest absolute Gasteiger partial charge is 0.296 e. The highest BCUT2D eigenvalue weighted by Crippen LogP contribution is 2.36. The molecular formula is C15H16N2O4. The standard InChI is InChI=1S/C15H16N2O4/c1-8(2)12-6-5-10-14(16-12)13(17(19)20)7-11(9(3)18)15(10)21-4/h5-8H,1-4H3. The summed E-state index contributed by atoms with van der Waals surface area (Å²) in [5.74, 6) is 0.183. The van der Waals surface area contributed by atoms with E-state index in [0.717, 1.165) is 5.69 Å². The molecule has 0 fully saturated rings. The number of nitrogens with zero attached hydrogens (tertiary/aromatic N) is 2. The van der Waals surface area contributed by atoms with Gasteiger partial charge in [0.2, 0.25) is 0 Å². The molecule has 1 heterocycles. The van der Waals surface area contributed by atoms with Gasteiger partial charge in [-0.3, -0.25) is 14.9 Å². The van der Waals surface area contributed by atoms with Crippen LogP contribution in [0.25, 0.3) is 10.9 Å². The summed E-state index contributed by atoms with van der Waals surface area (Å²) in [6.45, 7) is 5.27. The first kappa shape index (κ1) is 14.9. The molecule has 0 amide bonds. The van der Waals surface area contributed by atoms with Crippen LogP contribution in [0.2, 0.25) is 0 Å². The fourth-order valence-corrected chi connectivity index (χ4v) is 2.21. The summed E-state index contributed by atoms with van der Waals surface area (Å²) in [6, 6.07) is 4.75. The van der Waals surface area contributed by atoms with Crippen molar-refractivity contribution >= 4 is 22.4 Å². The molecule has 0 saturated heterocycles. The molecule has 0 unspecified atom stereocenters. The Kier molecular flexibility index (Phi) is 3.88. The Bertz CT molecular complexity index is 738.